The molecular formula is C12H13N3O2S. The molecule has 0 aliphatic carbocycles. The van der Waals surface area contributed by atoms with Crippen molar-refractivity contribution in [2.45, 2.75) is 19.9 Å². The van der Waals surface area contributed by atoms with E-state index in [-0.39, 0.29) is 11.7 Å². The number of aryl methyl sites for hydroxylation is 1. The van der Waals surface area contributed by atoms with E-state index < -0.39 is 4.92 Å². The number of hydrogen-bond donors (Lipinski definition) is 1. The van der Waals surface area contributed by atoms with Gasteiger partial charge in [0.15, 0.2) is 0 Å². The summed E-state index contributed by atoms with van der Waals surface area (Å²) in [6.45, 7) is 3.81. The van der Waals surface area contributed by atoms with Crippen LogP contribution in [0.1, 0.15) is 22.9 Å². The number of nitro groups is 1. The fourth-order valence-electron chi connectivity index (χ4n) is 1.65. The van der Waals surface area contributed by atoms with E-state index in [9.17, 15) is 10.1 Å². The Hall–Kier alpha value is -1.79. The van der Waals surface area contributed by atoms with Crippen molar-refractivity contribution in [3.05, 3.63) is 44.3 Å². The van der Waals surface area contributed by atoms with E-state index in [1.807, 2.05) is 19.9 Å². The van der Waals surface area contributed by atoms with Crippen molar-refractivity contribution in [3.63, 3.8) is 0 Å². The lowest BCUT2D eigenvalue weighted by atomic mass is 10.1. The minimum atomic E-state index is -0.405. The molecule has 0 bridgehead atoms. The summed E-state index contributed by atoms with van der Waals surface area (Å²) in [5, 5.41) is 11.6. The van der Waals surface area contributed by atoms with Crippen molar-refractivity contribution in [2.24, 2.45) is 5.73 Å². The smallest absolute Gasteiger partial charge is 0.270 e. The average molecular weight is 263 g/mol. The Kier molecular flexibility index (Phi) is 3.40. The van der Waals surface area contributed by atoms with E-state index in [1.54, 1.807) is 6.07 Å². The molecule has 0 fully saturated rings. The van der Waals surface area contributed by atoms with Gasteiger partial charge in [0.1, 0.15) is 5.01 Å². The molecule has 0 saturated carbocycles. The molecule has 0 aliphatic rings. The summed E-state index contributed by atoms with van der Waals surface area (Å²) in [6, 6.07) is 6.36. The zero-order valence-electron chi connectivity index (χ0n) is 10.1. The Morgan fingerprint density at radius 3 is 2.78 bits per heavy atom. The summed E-state index contributed by atoms with van der Waals surface area (Å²) in [5.41, 5.74) is 7.39. The Morgan fingerprint density at radius 1 is 1.50 bits per heavy atom. The Bertz CT molecular complexity index is 593. The quantitative estimate of drug-likeness (QED) is 0.681. The van der Waals surface area contributed by atoms with E-state index in [4.69, 9.17) is 5.73 Å². The molecule has 5 nitrogen and oxygen atoms in total. The lowest BCUT2D eigenvalue weighted by Crippen LogP contribution is -2.03. The Morgan fingerprint density at radius 2 is 2.22 bits per heavy atom. The van der Waals surface area contributed by atoms with Crippen molar-refractivity contribution < 1.29 is 4.92 Å². The second kappa shape index (κ2) is 4.83. The molecule has 94 valence electrons. The third-order valence-electron chi connectivity index (χ3n) is 2.53. The van der Waals surface area contributed by atoms with Gasteiger partial charge < -0.3 is 5.73 Å². The van der Waals surface area contributed by atoms with E-state index in [0.717, 1.165) is 21.1 Å². The van der Waals surface area contributed by atoms with Gasteiger partial charge in [0.2, 0.25) is 0 Å². The predicted octanol–water partition coefficient (Wildman–Crippen LogP) is 3.05. The normalized spacial score (nSPS) is 12.4. The van der Waals surface area contributed by atoms with Crippen molar-refractivity contribution in [3.8, 4) is 11.3 Å². The first-order chi connectivity index (χ1) is 8.49. The van der Waals surface area contributed by atoms with Crippen LogP contribution in [0.2, 0.25) is 0 Å². The van der Waals surface area contributed by atoms with Gasteiger partial charge in [-0.25, -0.2) is 4.98 Å². The Labute approximate surface area is 108 Å². The summed E-state index contributed by atoms with van der Waals surface area (Å²) in [5.74, 6) is 0. The van der Waals surface area contributed by atoms with Crippen LogP contribution in [0.15, 0.2) is 24.3 Å². The van der Waals surface area contributed by atoms with Gasteiger partial charge in [-0.15, -0.1) is 11.3 Å². The summed E-state index contributed by atoms with van der Waals surface area (Å²) in [6.07, 6.45) is 0. The molecule has 0 saturated heterocycles. The van der Waals surface area contributed by atoms with E-state index in [1.165, 1.54) is 23.5 Å². The minimum absolute atomic E-state index is 0.0715. The molecule has 18 heavy (non-hydrogen) atoms. The number of non-ortho nitro benzene ring substituents is 1. The topological polar surface area (TPSA) is 82.0 Å². The van der Waals surface area contributed by atoms with Crippen LogP contribution in [0, 0.1) is 17.0 Å². The molecule has 2 N–H and O–H groups in total. The number of hydrogen-bond acceptors (Lipinski definition) is 5. The van der Waals surface area contributed by atoms with Crippen LogP contribution in [0.25, 0.3) is 11.3 Å². The monoisotopic (exact) mass is 263 g/mol. The fourth-order valence-corrected chi connectivity index (χ4v) is 2.54. The zero-order chi connectivity index (χ0) is 13.3. The van der Waals surface area contributed by atoms with Crippen LogP contribution in [0.4, 0.5) is 5.69 Å². The molecule has 0 aliphatic heterocycles. The molecule has 0 amide bonds. The lowest BCUT2D eigenvalue weighted by Gasteiger charge is -1.99. The zero-order valence-corrected chi connectivity index (χ0v) is 10.9. The van der Waals surface area contributed by atoms with Gasteiger partial charge >= 0.3 is 0 Å². The SMILES string of the molecule is Cc1sc(C(C)N)nc1-c1cccc([N+](=O)[O-])c1. The maximum atomic E-state index is 10.8. The first-order valence-electron chi connectivity index (χ1n) is 5.46. The number of thiazole rings is 1. The van der Waals surface area contributed by atoms with Crippen LogP contribution in [-0.2, 0) is 0 Å². The van der Waals surface area contributed by atoms with Crippen LogP contribution >= 0.6 is 11.3 Å². The highest BCUT2D eigenvalue weighted by molar-refractivity contribution is 7.12. The lowest BCUT2D eigenvalue weighted by molar-refractivity contribution is -0.384. The van der Waals surface area contributed by atoms with Crippen LogP contribution < -0.4 is 5.73 Å². The highest BCUT2D eigenvalue weighted by Gasteiger charge is 2.14. The van der Waals surface area contributed by atoms with Crippen LogP contribution in [0.5, 0.6) is 0 Å². The molecule has 0 spiro atoms. The van der Waals surface area contributed by atoms with E-state index in [0.29, 0.717) is 0 Å². The number of benzene rings is 1. The summed E-state index contributed by atoms with van der Waals surface area (Å²) in [7, 11) is 0. The second-order valence-corrected chi connectivity index (χ2v) is 5.29. The second-order valence-electron chi connectivity index (χ2n) is 4.05. The number of rotatable bonds is 3. The molecule has 1 heterocycles. The van der Waals surface area contributed by atoms with Gasteiger partial charge in [0.25, 0.3) is 5.69 Å². The molecule has 0 radical (unpaired) electrons. The van der Waals surface area contributed by atoms with Gasteiger partial charge in [-0.1, -0.05) is 12.1 Å². The first kappa shape index (κ1) is 12.7. The number of nitrogens with zero attached hydrogens (tertiary/aromatic N) is 2. The Balaban J connectivity index is 2.48. The molecule has 1 atom stereocenters. The maximum Gasteiger partial charge on any atom is 0.270 e. The number of aromatic nitrogens is 1. The minimum Gasteiger partial charge on any atom is -0.322 e. The summed E-state index contributed by atoms with van der Waals surface area (Å²) >= 11 is 1.53. The molecule has 2 rings (SSSR count). The number of nitro benzene ring substituents is 1. The van der Waals surface area contributed by atoms with Crippen molar-refractivity contribution in [1.29, 1.82) is 0 Å². The highest BCUT2D eigenvalue weighted by Crippen LogP contribution is 2.31. The molecule has 2 aromatic rings. The van der Waals surface area contributed by atoms with Gasteiger partial charge in [0.05, 0.1) is 16.7 Å². The van der Waals surface area contributed by atoms with Gasteiger partial charge in [0, 0.05) is 22.6 Å². The maximum absolute atomic E-state index is 10.8. The van der Waals surface area contributed by atoms with E-state index >= 15 is 0 Å². The predicted molar refractivity (Wildman–Crippen MR) is 71.5 cm³/mol. The molecule has 1 aromatic carbocycles. The molecule has 6 heteroatoms. The summed E-state index contributed by atoms with van der Waals surface area (Å²) in [4.78, 5) is 15.8. The first-order valence-corrected chi connectivity index (χ1v) is 6.28. The molecule has 1 unspecified atom stereocenters. The third-order valence-corrected chi connectivity index (χ3v) is 3.70. The average Bonchev–Trinajstić information content (AvgIpc) is 2.72. The van der Waals surface area contributed by atoms with Crippen LogP contribution in [-0.4, -0.2) is 9.91 Å². The highest BCUT2D eigenvalue weighted by atomic mass is 32.1. The molecular weight excluding hydrogens is 250 g/mol. The van der Waals surface area contributed by atoms with Gasteiger partial charge in [-0.3, -0.25) is 10.1 Å². The third kappa shape index (κ3) is 2.39. The summed E-state index contributed by atoms with van der Waals surface area (Å²) < 4.78 is 0. The largest absolute Gasteiger partial charge is 0.322 e. The van der Waals surface area contributed by atoms with Crippen molar-refractivity contribution in [2.75, 3.05) is 0 Å². The standard InChI is InChI=1S/C12H13N3O2S/c1-7(13)12-14-11(8(2)18-12)9-4-3-5-10(6-9)15(16)17/h3-7H,13H2,1-2H3. The van der Waals surface area contributed by atoms with Crippen molar-refractivity contribution in [1.82, 2.24) is 4.98 Å². The van der Waals surface area contributed by atoms with Gasteiger partial charge in [-0.2, -0.15) is 0 Å². The van der Waals surface area contributed by atoms with Gasteiger partial charge in [-0.05, 0) is 13.8 Å². The molecule has 1 aromatic heterocycles. The van der Waals surface area contributed by atoms with E-state index in [2.05, 4.69) is 4.98 Å². The van der Waals surface area contributed by atoms with Crippen molar-refractivity contribution >= 4 is 17.0 Å². The fraction of sp³-hybridized carbons (Fsp3) is 0.250. The number of nitrogens with two attached hydrogens (primary N) is 1. The van der Waals surface area contributed by atoms with Crippen LogP contribution in [0.3, 0.4) is 0 Å².